The summed E-state index contributed by atoms with van der Waals surface area (Å²) in [5.41, 5.74) is 0.188. The number of halogens is 2. The minimum absolute atomic E-state index is 0.0191. The van der Waals surface area contributed by atoms with Gasteiger partial charge in [-0.15, -0.1) is 0 Å². The lowest BCUT2D eigenvalue weighted by molar-refractivity contribution is -0.140. The number of anilines is 1. The molecule has 2 amide bonds. The first-order valence-corrected chi connectivity index (χ1v) is 14.7. The fourth-order valence-electron chi connectivity index (χ4n) is 3.94. The Labute approximate surface area is 245 Å². The Morgan fingerprint density at radius 1 is 0.975 bits per heavy atom. The summed E-state index contributed by atoms with van der Waals surface area (Å²) in [6, 6.07) is 18.4. The minimum atomic E-state index is -4.26. The first-order chi connectivity index (χ1) is 18.7. The van der Waals surface area contributed by atoms with Crippen LogP contribution in [-0.4, -0.2) is 50.4 Å². The highest BCUT2D eigenvalue weighted by Crippen LogP contribution is 2.35. The zero-order valence-electron chi connectivity index (χ0n) is 23.0. The maximum atomic E-state index is 14.0. The summed E-state index contributed by atoms with van der Waals surface area (Å²) >= 11 is 12.7. The maximum Gasteiger partial charge on any atom is 0.264 e. The van der Waals surface area contributed by atoms with E-state index in [1.807, 2.05) is 20.8 Å². The van der Waals surface area contributed by atoms with Gasteiger partial charge in [-0.25, -0.2) is 8.42 Å². The summed E-state index contributed by atoms with van der Waals surface area (Å²) in [4.78, 5) is 28.5. The number of rotatable bonds is 10. The molecule has 0 radical (unpaired) electrons. The molecule has 40 heavy (non-hydrogen) atoms. The van der Waals surface area contributed by atoms with E-state index < -0.39 is 34.1 Å². The van der Waals surface area contributed by atoms with Crippen LogP contribution in [0.15, 0.2) is 77.7 Å². The van der Waals surface area contributed by atoms with E-state index >= 15 is 0 Å². The van der Waals surface area contributed by atoms with Gasteiger partial charge in [-0.1, -0.05) is 59.6 Å². The number of ether oxygens (including phenoxy) is 1. The van der Waals surface area contributed by atoms with Crippen molar-refractivity contribution in [2.24, 2.45) is 0 Å². The van der Waals surface area contributed by atoms with Gasteiger partial charge in [0.25, 0.3) is 10.0 Å². The summed E-state index contributed by atoms with van der Waals surface area (Å²) in [5.74, 6) is -0.424. The van der Waals surface area contributed by atoms with Crippen LogP contribution in [0.5, 0.6) is 5.75 Å². The molecule has 0 heterocycles. The first-order valence-electron chi connectivity index (χ1n) is 12.5. The molecule has 3 rings (SSSR count). The van der Waals surface area contributed by atoms with Crippen LogP contribution >= 0.6 is 23.2 Å². The third-order valence-corrected chi connectivity index (χ3v) is 8.55. The second kappa shape index (κ2) is 12.9. The number of methoxy groups -OCH3 is 1. The van der Waals surface area contributed by atoms with Gasteiger partial charge in [-0.05, 0) is 69.7 Å². The number of sulfonamides is 1. The van der Waals surface area contributed by atoms with Gasteiger partial charge in [0.1, 0.15) is 18.3 Å². The van der Waals surface area contributed by atoms with Crippen molar-refractivity contribution in [1.82, 2.24) is 10.2 Å². The van der Waals surface area contributed by atoms with E-state index in [2.05, 4.69) is 5.32 Å². The van der Waals surface area contributed by atoms with Crippen molar-refractivity contribution in [3.05, 3.63) is 88.4 Å². The summed E-state index contributed by atoms with van der Waals surface area (Å²) in [5, 5.41) is 3.00. The van der Waals surface area contributed by atoms with Crippen molar-refractivity contribution in [3.8, 4) is 5.75 Å². The number of nitrogens with zero attached hydrogens (tertiary/aromatic N) is 2. The Morgan fingerprint density at radius 2 is 1.62 bits per heavy atom. The predicted molar refractivity (Wildman–Crippen MR) is 158 cm³/mol. The minimum Gasteiger partial charge on any atom is -0.497 e. The second-order valence-corrected chi connectivity index (χ2v) is 12.8. The lowest BCUT2D eigenvalue weighted by Crippen LogP contribution is -2.54. The summed E-state index contributed by atoms with van der Waals surface area (Å²) in [6.07, 6.45) is 0. The Bertz CT molecular complexity index is 1460. The molecule has 214 valence electrons. The van der Waals surface area contributed by atoms with E-state index in [9.17, 15) is 18.0 Å². The standard InChI is InChI=1S/C29H33Cl2N3O5S/c1-20(28(36)32-29(2,3)4)33(18-21-11-9-12-22(17-21)39-5)26(35)19-34(25-16-10-15-24(30)27(25)31)40(37,38)23-13-7-6-8-14-23/h6-17,20H,18-19H2,1-5H3,(H,32,36)/t20-/m0/s1. The fourth-order valence-corrected chi connectivity index (χ4v) is 5.84. The zero-order chi connectivity index (χ0) is 29.7. The Balaban J connectivity index is 2.08. The van der Waals surface area contributed by atoms with Crippen LogP contribution in [0.4, 0.5) is 5.69 Å². The summed E-state index contributed by atoms with van der Waals surface area (Å²) in [6.45, 7) is 6.50. The number of nitrogens with one attached hydrogen (secondary N) is 1. The number of hydrogen-bond donors (Lipinski definition) is 1. The van der Waals surface area contributed by atoms with Crippen molar-refractivity contribution < 1.29 is 22.7 Å². The van der Waals surface area contributed by atoms with Gasteiger partial charge in [0, 0.05) is 12.1 Å². The largest absolute Gasteiger partial charge is 0.497 e. The highest BCUT2D eigenvalue weighted by atomic mass is 35.5. The Morgan fingerprint density at radius 3 is 2.25 bits per heavy atom. The van der Waals surface area contributed by atoms with Crippen LogP contribution in [0.2, 0.25) is 10.0 Å². The molecular formula is C29H33Cl2N3O5S. The van der Waals surface area contributed by atoms with Gasteiger partial charge in [0.05, 0.1) is 27.7 Å². The second-order valence-electron chi connectivity index (χ2n) is 10.2. The molecule has 0 unspecified atom stereocenters. The molecule has 0 bridgehead atoms. The van der Waals surface area contributed by atoms with Crippen molar-refractivity contribution in [3.63, 3.8) is 0 Å². The predicted octanol–water partition coefficient (Wildman–Crippen LogP) is 5.53. The molecule has 0 saturated carbocycles. The van der Waals surface area contributed by atoms with Crippen molar-refractivity contribution in [1.29, 1.82) is 0 Å². The SMILES string of the molecule is COc1cccc(CN(C(=O)CN(c2cccc(Cl)c2Cl)S(=O)(=O)c2ccccc2)[C@@H](C)C(=O)NC(C)(C)C)c1. The van der Waals surface area contributed by atoms with Gasteiger partial charge >= 0.3 is 0 Å². The van der Waals surface area contributed by atoms with Gasteiger partial charge < -0.3 is 15.0 Å². The average molecular weight is 607 g/mol. The molecule has 0 spiro atoms. The van der Waals surface area contributed by atoms with E-state index in [1.54, 1.807) is 55.5 Å². The van der Waals surface area contributed by atoms with E-state index in [1.165, 1.54) is 36.3 Å². The number of amides is 2. The fraction of sp³-hybridized carbons (Fsp3) is 0.310. The molecule has 11 heteroatoms. The molecule has 0 fully saturated rings. The Kier molecular flexibility index (Phi) is 10.1. The molecule has 1 N–H and O–H groups in total. The van der Waals surface area contributed by atoms with Crippen LogP contribution in [-0.2, 0) is 26.2 Å². The summed E-state index contributed by atoms with van der Waals surface area (Å²) < 4.78 is 33.9. The van der Waals surface area contributed by atoms with E-state index in [-0.39, 0.29) is 33.1 Å². The van der Waals surface area contributed by atoms with Gasteiger partial charge in [0.15, 0.2) is 0 Å². The molecule has 3 aromatic rings. The molecular weight excluding hydrogens is 573 g/mol. The van der Waals surface area contributed by atoms with Crippen LogP contribution in [0, 0.1) is 0 Å². The molecule has 0 aliphatic rings. The molecule has 0 aromatic heterocycles. The molecule has 0 saturated heterocycles. The number of hydrogen-bond acceptors (Lipinski definition) is 5. The van der Waals surface area contributed by atoms with Crippen molar-refractivity contribution in [2.75, 3.05) is 18.0 Å². The van der Waals surface area contributed by atoms with Gasteiger partial charge in [-0.3, -0.25) is 13.9 Å². The quantitative estimate of drug-likeness (QED) is 0.328. The lowest BCUT2D eigenvalue weighted by Gasteiger charge is -2.33. The molecule has 3 aromatic carbocycles. The third kappa shape index (κ3) is 7.68. The Hall–Kier alpha value is -3.27. The first kappa shape index (κ1) is 31.3. The van der Waals surface area contributed by atoms with Crippen molar-refractivity contribution in [2.45, 2.75) is 50.7 Å². The highest BCUT2D eigenvalue weighted by Gasteiger charge is 2.34. The van der Waals surface area contributed by atoms with Crippen LogP contribution < -0.4 is 14.4 Å². The van der Waals surface area contributed by atoms with E-state index in [0.717, 1.165) is 4.31 Å². The topological polar surface area (TPSA) is 96.0 Å². The van der Waals surface area contributed by atoms with Gasteiger partial charge in [0.2, 0.25) is 11.8 Å². The third-order valence-electron chi connectivity index (χ3n) is 5.96. The van der Waals surface area contributed by atoms with E-state index in [4.69, 9.17) is 27.9 Å². The number of benzene rings is 3. The smallest absolute Gasteiger partial charge is 0.264 e. The molecule has 0 aliphatic carbocycles. The van der Waals surface area contributed by atoms with Crippen molar-refractivity contribution >= 4 is 50.7 Å². The molecule has 8 nitrogen and oxygen atoms in total. The highest BCUT2D eigenvalue weighted by molar-refractivity contribution is 7.92. The number of carbonyl (C=O) groups excluding carboxylic acids is 2. The average Bonchev–Trinajstić information content (AvgIpc) is 2.91. The normalized spacial score (nSPS) is 12.4. The van der Waals surface area contributed by atoms with Crippen LogP contribution in [0.3, 0.4) is 0 Å². The monoisotopic (exact) mass is 605 g/mol. The van der Waals surface area contributed by atoms with Crippen LogP contribution in [0.25, 0.3) is 0 Å². The number of carbonyl (C=O) groups is 2. The van der Waals surface area contributed by atoms with E-state index in [0.29, 0.717) is 11.3 Å². The summed E-state index contributed by atoms with van der Waals surface area (Å²) in [7, 11) is -2.73. The molecule has 0 aliphatic heterocycles. The maximum absolute atomic E-state index is 14.0. The zero-order valence-corrected chi connectivity index (χ0v) is 25.3. The van der Waals surface area contributed by atoms with Gasteiger partial charge in [-0.2, -0.15) is 0 Å². The molecule has 1 atom stereocenters. The van der Waals surface area contributed by atoms with Crippen LogP contribution in [0.1, 0.15) is 33.3 Å². The lowest BCUT2D eigenvalue weighted by atomic mass is 10.1.